The van der Waals surface area contributed by atoms with Crippen LogP contribution in [0, 0.1) is 19.7 Å². The summed E-state index contributed by atoms with van der Waals surface area (Å²) in [6, 6.07) is 27.7. The van der Waals surface area contributed by atoms with Crippen molar-refractivity contribution in [3.05, 3.63) is 131 Å². The minimum atomic E-state index is -4.19. The van der Waals surface area contributed by atoms with Gasteiger partial charge in [0.05, 0.1) is 10.6 Å². The molecule has 1 aliphatic carbocycles. The second-order valence-corrected chi connectivity index (χ2v) is 14.2. The Labute approximate surface area is 277 Å². The van der Waals surface area contributed by atoms with Gasteiger partial charge in [0.1, 0.15) is 18.4 Å². The van der Waals surface area contributed by atoms with Gasteiger partial charge >= 0.3 is 0 Å². The quantitative estimate of drug-likeness (QED) is 0.184. The minimum Gasteiger partial charge on any atom is -0.352 e. The first-order valence-corrected chi connectivity index (χ1v) is 17.6. The number of aryl methyl sites for hydroxylation is 2. The monoisotopic (exact) mass is 655 g/mol. The van der Waals surface area contributed by atoms with Crippen molar-refractivity contribution in [1.29, 1.82) is 0 Å². The summed E-state index contributed by atoms with van der Waals surface area (Å²) >= 11 is 0. The minimum absolute atomic E-state index is 0.00234. The molecule has 47 heavy (non-hydrogen) atoms. The lowest BCUT2D eigenvalue weighted by Gasteiger charge is -2.35. The summed E-state index contributed by atoms with van der Waals surface area (Å²) in [7, 11) is -4.19. The summed E-state index contributed by atoms with van der Waals surface area (Å²) in [5.41, 5.74) is 3.52. The first-order chi connectivity index (χ1) is 22.6. The Morgan fingerprint density at radius 1 is 0.809 bits per heavy atom. The number of hydrogen-bond donors (Lipinski definition) is 1. The van der Waals surface area contributed by atoms with Gasteiger partial charge in [0.25, 0.3) is 10.0 Å². The fraction of sp³-hybridized carbons (Fsp3) is 0.316. The van der Waals surface area contributed by atoms with E-state index in [-0.39, 0.29) is 29.8 Å². The van der Waals surface area contributed by atoms with Crippen molar-refractivity contribution in [2.45, 2.75) is 75.9 Å². The van der Waals surface area contributed by atoms with Crippen molar-refractivity contribution in [3.63, 3.8) is 0 Å². The Bertz CT molecular complexity index is 1740. The van der Waals surface area contributed by atoms with E-state index >= 15 is 0 Å². The molecule has 0 radical (unpaired) electrons. The molecular formula is C38H42FN3O4S. The molecule has 0 aliphatic heterocycles. The van der Waals surface area contributed by atoms with Gasteiger partial charge in [-0.05, 0) is 85.3 Å². The van der Waals surface area contributed by atoms with Gasteiger partial charge < -0.3 is 10.2 Å². The average molecular weight is 656 g/mol. The van der Waals surface area contributed by atoms with Gasteiger partial charge in [0.15, 0.2) is 0 Å². The van der Waals surface area contributed by atoms with E-state index in [1.165, 1.54) is 29.2 Å². The van der Waals surface area contributed by atoms with Gasteiger partial charge in [-0.1, -0.05) is 86.0 Å². The number of sulfonamides is 1. The average Bonchev–Trinajstić information content (AvgIpc) is 3.06. The van der Waals surface area contributed by atoms with Gasteiger partial charge in [-0.2, -0.15) is 0 Å². The van der Waals surface area contributed by atoms with Gasteiger partial charge in [-0.25, -0.2) is 12.8 Å². The van der Waals surface area contributed by atoms with Crippen LogP contribution in [0.4, 0.5) is 10.1 Å². The van der Waals surface area contributed by atoms with E-state index in [2.05, 4.69) is 5.32 Å². The van der Waals surface area contributed by atoms with Crippen molar-refractivity contribution in [3.8, 4) is 0 Å². The highest BCUT2D eigenvalue weighted by Gasteiger charge is 2.35. The van der Waals surface area contributed by atoms with Crippen LogP contribution in [0.2, 0.25) is 0 Å². The van der Waals surface area contributed by atoms with Crippen molar-refractivity contribution < 1.29 is 22.4 Å². The van der Waals surface area contributed by atoms with Crippen molar-refractivity contribution in [1.82, 2.24) is 10.2 Å². The summed E-state index contributed by atoms with van der Waals surface area (Å²) in [4.78, 5) is 30.3. The molecule has 1 saturated carbocycles. The number of nitrogens with one attached hydrogen (secondary N) is 1. The maximum absolute atomic E-state index is 14.6. The van der Waals surface area contributed by atoms with E-state index in [0.29, 0.717) is 11.3 Å². The van der Waals surface area contributed by atoms with E-state index in [1.807, 2.05) is 50.2 Å². The van der Waals surface area contributed by atoms with Gasteiger partial charge in [0, 0.05) is 19.0 Å². The summed E-state index contributed by atoms with van der Waals surface area (Å²) < 4.78 is 43.4. The van der Waals surface area contributed by atoms with E-state index in [0.717, 1.165) is 53.1 Å². The standard InChI is InChI=1S/C38H42FN3O4S/c1-28-22-29(2)24-34(23-28)42(47(45,46)35-16-10-5-11-17-35)27-37(43)41(26-31-18-20-32(39)21-19-31)36(25-30-12-6-3-7-13-30)38(44)40-33-14-8-4-9-15-33/h3,5-7,10-13,16-24,33,36H,4,8-9,14-15,25-27H2,1-2H3,(H,40,44)/t36-/m0/s1. The molecule has 4 aromatic rings. The molecule has 0 saturated heterocycles. The molecule has 1 N–H and O–H groups in total. The van der Waals surface area contributed by atoms with Crippen molar-refractivity contribution in [2.24, 2.45) is 0 Å². The molecule has 0 bridgehead atoms. The Hall–Kier alpha value is -4.50. The second kappa shape index (κ2) is 15.4. The predicted octanol–water partition coefficient (Wildman–Crippen LogP) is 6.73. The Kier molecular flexibility index (Phi) is 11.1. The van der Waals surface area contributed by atoms with Crippen LogP contribution >= 0.6 is 0 Å². The second-order valence-electron chi connectivity index (χ2n) is 12.4. The number of hydrogen-bond acceptors (Lipinski definition) is 4. The lowest BCUT2D eigenvalue weighted by Crippen LogP contribution is -2.55. The Morgan fingerprint density at radius 3 is 2.02 bits per heavy atom. The maximum Gasteiger partial charge on any atom is 0.264 e. The third-order valence-corrected chi connectivity index (χ3v) is 10.4. The highest BCUT2D eigenvalue weighted by Crippen LogP contribution is 2.27. The first-order valence-electron chi connectivity index (χ1n) is 16.1. The number of benzene rings is 4. The van der Waals surface area contributed by atoms with Gasteiger partial charge in [0.2, 0.25) is 11.8 Å². The molecular weight excluding hydrogens is 614 g/mol. The SMILES string of the molecule is Cc1cc(C)cc(N(CC(=O)N(Cc2ccc(F)cc2)[C@@H](Cc2ccccc2)C(=O)NC2CCCCC2)S(=O)(=O)c2ccccc2)c1. The summed E-state index contributed by atoms with van der Waals surface area (Å²) in [6.07, 6.45) is 5.13. The van der Waals surface area contributed by atoms with Gasteiger partial charge in [-0.3, -0.25) is 13.9 Å². The zero-order valence-electron chi connectivity index (χ0n) is 26.9. The van der Waals surface area contributed by atoms with Crippen LogP contribution in [0.25, 0.3) is 0 Å². The number of amides is 2. The molecule has 1 atom stereocenters. The topological polar surface area (TPSA) is 86.8 Å². The third-order valence-electron chi connectivity index (χ3n) is 8.59. The zero-order chi connectivity index (χ0) is 33.4. The van der Waals surface area contributed by atoms with Crippen LogP contribution in [-0.4, -0.2) is 43.8 Å². The maximum atomic E-state index is 14.6. The molecule has 0 unspecified atom stereocenters. The van der Waals surface area contributed by atoms with Crippen LogP contribution in [0.3, 0.4) is 0 Å². The molecule has 7 nitrogen and oxygen atoms in total. The molecule has 4 aromatic carbocycles. The van der Waals surface area contributed by atoms with Crippen molar-refractivity contribution >= 4 is 27.5 Å². The molecule has 1 fully saturated rings. The van der Waals surface area contributed by atoms with Crippen LogP contribution in [0.5, 0.6) is 0 Å². The molecule has 2 amide bonds. The van der Waals surface area contributed by atoms with Crippen LogP contribution in [0.15, 0.2) is 108 Å². The molecule has 246 valence electrons. The smallest absolute Gasteiger partial charge is 0.264 e. The summed E-state index contributed by atoms with van der Waals surface area (Å²) in [6.45, 7) is 3.19. The molecule has 9 heteroatoms. The van der Waals surface area contributed by atoms with E-state index < -0.39 is 34.3 Å². The number of halogens is 1. The number of nitrogens with zero attached hydrogens (tertiary/aromatic N) is 2. The summed E-state index contributed by atoms with van der Waals surface area (Å²) in [5, 5.41) is 3.20. The number of carbonyl (C=O) groups excluding carboxylic acids is 2. The lowest BCUT2D eigenvalue weighted by atomic mass is 9.94. The number of carbonyl (C=O) groups is 2. The fourth-order valence-corrected chi connectivity index (χ4v) is 7.65. The Morgan fingerprint density at radius 2 is 1.40 bits per heavy atom. The number of anilines is 1. The first kappa shape index (κ1) is 33.9. The highest BCUT2D eigenvalue weighted by atomic mass is 32.2. The van der Waals surface area contributed by atoms with Crippen LogP contribution in [-0.2, 0) is 32.6 Å². The molecule has 0 heterocycles. The van der Waals surface area contributed by atoms with E-state index in [1.54, 1.807) is 42.5 Å². The van der Waals surface area contributed by atoms with E-state index in [4.69, 9.17) is 0 Å². The van der Waals surface area contributed by atoms with Crippen LogP contribution in [0.1, 0.15) is 54.4 Å². The zero-order valence-corrected chi connectivity index (χ0v) is 27.8. The van der Waals surface area contributed by atoms with Crippen LogP contribution < -0.4 is 9.62 Å². The lowest BCUT2D eigenvalue weighted by molar-refractivity contribution is -0.140. The number of rotatable bonds is 12. The Balaban J connectivity index is 1.57. The molecule has 1 aliphatic rings. The third kappa shape index (κ3) is 8.86. The highest BCUT2D eigenvalue weighted by molar-refractivity contribution is 7.92. The van der Waals surface area contributed by atoms with Crippen molar-refractivity contribution in [2.75, 3.05) is 10.8 Å². The fourth-order valence-electron chi connectivity index (χ4n) is 6.23. The normalized spacial score (nSPS) is 14.3. The predicted molar refractivity (Wildman–Crippen MR) is 183 cm³/mol. The van der Waals surface area contributed by atoms with E-state index in [9.17, 15) is 22.4 Å². The molecule has 0 spiro atoms. The molecule has 5 rings (SSSR count). The molecule has 0 aromatic heterocycles. The van der Waals surface area contributed by atoms with Gasteiger partial charge in [-0.15, -0.1) is 0 Å². The summed E-state index contributed by atoms with van der Waals surface area (Å²) in [5.74, 6) is -1.26. The largest absolute Gasteiger partial charge is 0.352 e.